The third-order valence-electron chi connectivity index (χ3n) is 7.58. The van der Waals surface area contributed by atoms with Crippen molar-refractivity contribution in [3.8, 4) is 0 Å². The first-order chi connectivity index (χ1) is 20.1. The van der Waals surface area contributed by atoms with Gasteiger partial charge in [-0.25, -0.2) is 4.79 Å². The molecule has 12 heteroatoms. The molecule has 6 N–H and O–H groups in total. The van der Waals surface area contributed by atoms with Crippen molar-refractivity contribution in [2.75, 3.05) is 13.2 Å². The molecule has 1 aromatic rings. The lowest BCUT2D eigenvalue weighted by Gasteiger charge is -2.43. The molecule has 0 radical (unpaired) electrons. The van der Waals surface area contributed by atoms with E-state index in [1.54, 1.807) is 24.4 Å². The molecule has 12 nitrogen and oxygen atoms in total. The van der Waals surface area contributed by atoms with Crippen LogP contribution in [0.25, 0.3) is 0 Å². The minimum atomic E-state index is -1.69. The second-order valence-corrected chi connectivity index (χ2v) is 10.3. The summed E-state index contributed by atoms with van der Waals surface area (Å²) >= 11 is 0. The van der Waals surface area contributed by atoms with E-state index in [0.717, 1.165) is 11.8 Å². The summed E-state index contributed by atoms with van der Waals surface area (Å²) in [5.41, 5.74) is 1.33. The van der Waals surface area contributed by atoms with Crippen LogP contribution < -0.4 is 10.0 Å². The Hall–Kier alpha value is -3.62. The van der Waals surface area contributed by atoms with Crippen molar-refractivity contribution in [1.82, 2.24) is 0 Å². The summed E-state index contributed by atoms with van der Waals surface area (Å²) < 4.78 is 16.6. The average molecular weight is 586 g/mol. The molecule has 1 unspecified atom stereocenters. The Morgan fingerprint density at radius 3 is 2.52 bits per heavy atom. The molecule has 0 aliphatic carbocycles. The SMILES string of the molecule is C=C[C@H]1[C@H](O[C@@H]2O[C@H](CO)[C@@H](O)[C@H](O)[C@H]2O)OC=C(C(=O)[O-])[C@H]1/C=C\C1=C[NH+]([C@H](Cc2ccccc2)C(=O)O)CC=C1. The number of allylic oxidation sites excluding steroid dienone is 4. The molecule has 42 heavy (non-hydrogen) atoms. The first-order valence-electron chi connectivity index (χ1n) is 13.5. The number of carbonyl (C=O) groups excluding carboxylic acids is 1. The molecular weight excluding hydrogens is 550 g/mol. The maximum Gasteiger partial charge on any atom is 0.363 e. The number of carbonyl (C=O) groups is 2. The van der Waals surface area contributed by atoms with Crippen LogP contribution in [0.5, 0.6) is 0 Å². The van der Waals surface area contributed by atoms with Crippen LogP contribution in [-0.4, -0.2) is 93.7 Å². The van der Waals surface area contributed by atoms with E-state index in [2.05, 4.69) is 6.58 Å². The van der Waals surface area contributed by atoms with Crippen molar-refractivity contribution in [3.05, 3.63) is 96.5 Å². The lowest BCUT2D eigenvalue weighted by atomic mass is 9.83. The molecule has 1 saturated heterocycles. The number of hydrogen-bond acceptors (Lipinski definition) is 10. The van der Waals surface area contributed by atoms with E-state index in [0.29, 0.717) is 23.4 Å². The summed E-state index contributed by atoms with van der Waals surface area (Å²) in [4.78, 5) is 24.8. The van der Waals surface area contributed by atoms with E-state index >= 15 is 0 Å². The lowest BCUT2D eigenvalue weighted by Crippen LogP contribution is -3.13. The van der Waals surface area contributed by atoms with Crippen LogP contribution in [0.3, 0.4) is 0 Å². The third-order valence-corrected chi connectivity index (χ3v) is 7.58. The minimum Gasteiger partial charge on any atom is -0.545 e. The lowest BCUT2D eigenvalue weighted by molar-refractivity contribution is -0.859. The molecule has 0 aromatic heterocycles. The number of hydrogen-bond donors (Lipinski definition) is 6. The molecular formula is C30H35NO11. The summed E-state index contributed by atoms with van der Waals surface area (Å²) in [6.07, 6.45) is 2.42. The highest BCUT2D eigenvalue weighted by Gasteiger charge is 2.47. The van der Waals surface area contributed by atoms with E-state index < -0.39 is 73.4 Å². The van der Waals surface area contributed by atoms with E-state index in [-0.39, 0.29) is 5.57 Å². The quantitative estimate of drug-likeness (QED) is 0.155. The van der Waals surface area contributed by atoms with Gasteiger partial charge in [-0.15, -0.1) is 6.58 Å². The molecule has 3 heterocycles. The van der Waals surface area contributed by atoms with Gasteiger partial charge in [-0.3, -0.25) is 4.90 Å². The Morgan fingerprint density at radius 2 is 1.88 bits per heavy atom. The zero-order chi connectivity index (χ0) is 30.4. The van der Waals surface area contributed by atoms with Gasteiger partial charge in [0.15, 0.2) is 12.3 Å². The van der Waals surface area contributed by atoms with Crippen LogP contribution >= 0.6 is 0 Å². The van der Waals surface area contributed by atoms with Crippen LogP contribution in [-0.2, 0) is 30.2 Å². The minimum absolute atomic E-state index is 0.207. The Morgan fingerprint density at radius 1 is 1.14 bits per heavy atom. The van der Waals surface area contributed by atoms with Gasteiger partial charge in [0, 0.05) is 29.4 Å². The number of ether oxygens (including phenoxy) is 3. The highest BCUT2D eigenvalue weighted by molar-refractivity contribution is 5.85. The Kier molecular flexibility index (Phi) is 10.5. The van der Waals surface area contributed by atoms with Crippen LogP contribution in [0, 0.1) is 11.8 Å². The van der Waals surface area contributed by atoms with Gasteiger partial charge in [-0.1, -0.05) is 48.6 Å². The zero-order valence-electron chi connectivity index (χ0n) is 22.6. The Bertz CT molecular complexity index is 1240. The summed E-state index contributed by atoms with van der Waals surface area (Å²) in [6.45, 7) is 3.57. The molecule has 1 fully saturated rings. The van der Waals surface area contributed by atoms with E-state index in [1.165, 1.54) is 6.08 Å². The second kappa shape index (κ2) is 14.0. The van der Waals surface area contributed by atoms with E-state index in [4.69, 9.17) is 14.2 Å². The smallest absolute Gasteiger partial charge is 0.363 e. The van der Waals surface area contributed by atoms with E-state index in [9.17, 15) is 40.2 Å². The van der Waals surface area contributed by atoms with Crippen molar-refractivity contribution in [3.63, 3.8) is 0 Å². The average Bonchev–Trinajstić information content (AvgIpc) is 2.99. The number of carboxylic acids is 2. The van der Waals surface area contributed by atoms with Crippen molar-refractivity contribution in [1.29, 1.82) is 0 Å². The topological polar surface area (TPSA) is 190 Å². The molecule has 1 aromatic carbocycles. The molecule has 3 aliphatic heterocycles. The number of aliphatic hydroxyl groups is 4. The van der Waals surface area contributed by atoms with Gasteiger partial charge in [0.1, 0.15) is 37.2 Å². The fourth-order valence-electron chi connectivity index (χ4n) is 5.24. The fourth-order valence-corrected chi connectivity index (χ4v) is 5.24. The van der Waals surface area contributed by atoms with Gasteiger partial charge >= 0.3 is 5.97 Å². The third kappa shape index (κ3) is 7.05. The maximum absolute atomic E-state index is 12.1. The highest BCUT2D eigenvalue weighted by atomic mass is 16.8. The zero-order valence-corrected chi connectivity index (χ0v) is 22.6. The number of carboxylic acid groups (broad SMARTS) is 2. The van der Waals surface area contributed by atoms with Crippen LogP contribution in [0.15, 0.2) is 90.9 Å². The van der Waals surface area contributed by atoms with Gasteiger partial charge in [-0.2, -0.15) is 0 Å². The van der Waals surface area contributed by atoms with Crippen molar-refractivity contribution in [2.24, 2.45) is 11.8 Å². The van der Waals surface area contributed by atoms with Gasteiger partial charge in [-0.05, 0) is 17.7 Å². The molecule has 0 amide bonds. The number of aliphatic hydroxyl groups excluding tert-OH is 4. The Labute approximate surface area is 242 Å². The predicted molar refractivity (Wildman–Crippen MR) is 144 cm³/mol. The normalized spacial score (nSPS) is 33.8. The van der Waals surface area contributed by atoms with Crippen molar-refractivity contribution >= 4 is 11.9 Å². The summed E-state index contributed by atoms with van der Waals surface area (Å²) in [6, 6.07) is 8.56. The Balaban J connectivity index is 1.54. The molecule has 3 aliphatic rings. The standard InChI is InChI=1S/C30H35NO11/c1-2-19-20(11-10-18-9-6-12-31(14-18)22(28(38)39)13-17-7-4-3-5-8-17)21(27(36)37)16-40-29(19)42-30-26(35)25(34)24(33)23(15-32)41-30/h2-11,14,16,19-20,22-26,29-30,32-35H,1,12-13,15H2,(H,36,37)(H,38,39)/b11-10-/t19-,20+,22-,23-,24-,25+,26-,29+,30+/m1/s1. The molecule has 4 rings (SSSR count). The molecule has 10 atom stereocenters. The van der Waals surface area contributed by atoms with Crippen LogP contribution in [0.4, 0.5) is 0 Å². The van der Waals surface area contributed by atoms with Gasteiger partial charge in [0.05, 0.1) is 18.8 Å². The predicted octanol–water partition coefficient (Wildman–Crippen LogP) is -2.20. The van der Waals surface area contributed by atoms with Crippen molar-refractivity contribution < 1.29 is 59.3 Å². The molecule has 0 bridgehead atoms. The maximum atomic E-state index is 12.1. The molecule has 0 spiro atoms. The molecule has 0 saturated carbocycles. The summed E-state index contributed by atoms with van der Waals surface area (Å²) in [5, 5.41) is 61.9. The fraction of sp³-hybridized carbons (Fsp3) is 0.400. The number of rotatable bonds is 11. The molecule has 226 valence electrons. The number of benzene rings is 1. The summed E-state index contributed by atoms with van der Waals surface area (Å²) in [5.74, 6) is -4.16. The first kappa shape index (κ1) is 31.3. The van der Waals surface area contributed by atoms with E-state index in [1.807, 2.05) is 36.4 Å². The summed E-state index contributed by atoms with van der Waals surface area (Å²) in [7, 11) is 0. The first-order valence-corrected chi connectivity index (χ1v) is 13.5. The number of nitrogens with one attached hydrogen (secondary N) is 1. The largest absolute Gasteiger partial charge is 0.545 e. The van der Waals surface area contributed by atoms with Gasteiger partial charge < -0.3 is 49.6 Å². The number of quaternary nitrogens is 1. The second-order valence-electron chi connectivity index (χ2n) is 10.3. The highest BCUT2D eigenvalue weighted by Crippen LogP contribution is 2.35. The van der Waals surface area contributed by atoms with Crippen LogP contribution in [0.1, 0.15) is 5.56 Å². The monoisotopic (exact) mass is 585 g/mol. The van der Waals surface area contributed by atoms with Crippen molar-refractivity contribution in [2.45, 2.75) is 49.5 Å². The number of aliphatic carboxylic acids is 2. The van der Waals surface area contributed by atoms with Gasteiger partial charge in [0.2, 0.25) is 6.29 Å². The van der Waals surface area contributed by atoms with Gasteiger partial charge in [0.25, 0.3) is 0 Å². The van der Waals surface area contributed by atoms with Crippen LogP contribution in [0.2, 0.25) is 0 Å².